The van der Waals surface area contributed by atoms with Crippen LogP contribution < -0.4 is 0 Å². The highest BCUT2D eigenvalue weighted by molar-refractivity contribution is 8.00. The highest BCUT2D eigenvalue weighted by Gasteiger charge is 2.30. The van der Waals surface area contributed by atoms with E-state index in [4.69, 9.17) is 5.11 Å². The zero-order chi connectivity index (χ0) is 14.5. The van der Waals surface area contributed by atoms with Crippen molar-refractivity contribution in [2.24, 2.45) is 0 Å². The third-order valence-corrected chi connectivity index (χ3v) is 4.71. The third kappa shape index (κ3) is 3.76. The van der Waals surface area contributed by atoms with Gasteiger partial charge in [-0.25, -0.2) is 0 Å². The number of carbonyl (C=O) groups is 2. The summed E-state index contributed by atoms with van der Waals surface area (Å²) in [6.45, 7) is 2.71. The Morgan fingerprint density at radius 2 is 2.15 bits per heavy atom. The summed E-state index contributed by atoms with van der Waals surface area (Å²) in [7, 11) is 0. The number of hydrogen-bond acceptors (Lipinski definition) is 3. The highest BCUT2D eigenvalue weighted by atomic mass is 32.2. The monoisotopic (exact) mass is 293 g/mol. The molecule has 1 aliphatic rings. The number of aliphatic carboxylic acids is 1. The second-order valence-electron chi connectivity index (χ2n) is 5.04. The molecule has 2 rings (SSSR count). The Labute approximate surface area is 123 Å². The number of carboxylic acid groups (broad SMARTS) is 1. The van der Waals surface area contributed by atoms with E-state index in [0.717, 1.165) is 23.3 Å². The van der Waals surface area contributed by atoms with Gasteiger partial charge in [0.1, 0.15) is 0 Å². The molecule has 108 valence electrons. The number of thioether (sulfide) groups is 1. The number of benzene rings is 1. The standard InChI is InChI=1S/C15H19NO3S/c1-11-5-2-3-7-13(11)20-10-14(17)16-8-4-6-12(16)9-15(18)19/h2-3,5,7,12H,4,6,8-10H2,1H3,(H,18,19). The summed E-state index contributed by atoms with van der Waals surface area (Å²) in [6, 6.07) is 7.84. The fourth-order valence-electron chi connectivity index (χ4n) is 2.52. The van der Waals surface area contributed by atoms with Crippen LogP contribution in [0.4, 0.5) is 0 Å². The molecule has 20 heavy (non-hydrogen) atoms. The molecule has 1 atom stereocenters. The molecule has 1 saturated heterocycles. The molecule has 0 bridgehead atoms. The van der Waals surface area contributed by atoms with E-state index in [0.29, 0.717) is 12.3 Å². The molecule has 1 N–H and O–H groups in total. The summed E-state index contributed by atoms with van der Waals surface area (Å²) in [4.78, 5) is 25.9. The molecule has 0 aromatic heterocycles. The molecule has 0 spiro atoms. The zero-order valence-corrected chi connectivity index (χ0v) is 12.4. The van der Waals surface area contributed by atoms with Crippen LogP contribution in [-0.4, -0.2) is 40.2 Å². The molecule has 1 aromatic rings. The minimum absolute atomic E-state index is 0.0435. The van der Waals surface area contributed by atoms with Crippen LogP contribution in [0.15, 0.2) is 29.2 Å². The lowest BCUT2D eigenvalue weighted by atomic mass is 10.1. The van der Waals surface area contributed by atoms with E-state index < -0.39 is 5.97 Å². The zero-order valence-electron chi connectivity index (χ0n) is 11.5. The molecule has 4 nitrogen and oxygen atoms in total. The van der Waals surface area contributed by atoms with Crippen LogP contribution in [0.5, 0.6) is 0 Å². The van der Waals surface area contributed by atoms with E-state index in [9.17, 15) is 9.59 Å². The maximum Gasteiger partial charge on any atom is 0.305 e. The number of nitrogens with zero attached hydrogens (tertiary/aromatic N) is 1. The van der Waals surface area contributed by atoms with Gasteiger partial charge >= 0.3 is 5.97 Å². The first-order valence-electron chi connectivity index (χ1n) is 6.77. The van der Waals surface area contributed by atoms with Crippen LogP contribution in [0.3, 0.4) is 0 Å². The summed E-state index contributed by atoms with van der Waals surface area (Å²) >= 11 is 1.52. The van der Waals surface area contributed by atoms with Crippen molar-refractivity contribution in [3.63, 3.8) is 0 Å². The van der Waals surface area contributed by atoms with E-state index >= 15 is 0 Å². The molecule has 0 saturated carbocycles. The van der Waals surface area contributed by atoms with Gasteiger partial charge in [0.05, 0.1) is 12.2 Å². The van der Waals surface area contributed by atoms with E-state index in [-0.39, 0.29) is 18.4 Å². The summed E-state index contributed by atoms with van der Waals surface area (Å²) in [6.07, 6.45) is 1.76. The van der Waals surface area contributed by atoms with Crippen LogP contribution in [0.1, 0.15) is 24.8 Å². The first-order chi connectivity index (χ1) is 9.58. The van der Waals surface area contributed by atoms with E-state index in [1.807, 2.05) is 31.2 Å². The topological polar surface area (TPSA) is 57.6 Å². The molecule has 1 heterocycles. The van der Waals surface area contributed by atoms with Crippen LogP contribution in [-0.2, 0) is 9.59 Å². The van der Waals surface area contributed by atoms with Crippen LogP contribution in [0, 0.1) is 6.92 Å². The maximum atomic E-state index is 12.2. The lowest BCUT2D eigenvalue weighted by molar-refractivity contribution is -0.139. The van der Waals surface area contributed by atoms with E-state index in [2.05, 4.69) is 0 Å². The van der Waals surface area contributed by atoms with Crippen molar-refractivity contribution in [2.75, 3.05) is 12.3 Å². The SMILES string of the molecule is Cc1ccccc1SCC(=O)N1CCCC1CC(=O)O. The molecular weight excluding hydrogens is 274 g/mol. The van der Waals surface area contributed by atoms with Gasteiger partial charge in [-0.2, -0.15) is 0 Å². The Balaban J connectivity index is 1.91. The minimum Gasteiger partial charge on any atom is -0.481 e. The van der Waals surface area contributed by atoms with Gasteiger partial charge < -0.3 is 10.0 Å². The fraction of sp³-hybridized carbons (Fsp3) is 0.467. The number of carbonyl (C=O) groups excluding carboxylic acids is 1. The Bertz CT molecular complexity index is 504. The number of amides is 1. The van der Waals surface area contributed by atoms with Gasteiger partial charge in [-0.15, -0.1) is 11.8 Å². The first-order valence-corrected chi connectivity index (χ1v) is 7.76. The summed E-state index contributed by atoms with van der Waals surface area (Å²) in [5.41, 5.74) is 1.16. The Hall–Kier alpha value is -1.49. The highest BCUT2D eigenvalue weighted by Crippen LogP contribution is 2.25. The van der Waals surface area contributed by atoms with Crippen molar-refractivity contribution in [3.8, 4) is 0 Å². The largest absolute Gasteiger partial charge is 0.481 e. The second kappa shape index (κ2) is 6.79. The Kier molecular flexibility index (Phi) is 5.06. The predicted molar refractivity (Wildman–Crippen MR) is 78.9 cm³/mol. The Morgan fingerprint density at radius 3 is 2.85 bits per heavy atom. The summed E-state index contributed by atoms with van der Waals surface area (Å²) < 4.78 is 0. The van der Waals surface area contributed by atoms with Crippen molar-refractivity contribution in [1.29, 1.82) is 0 Å². The molecule has 1 aromatic carbocycles. The van der Waals surface area contributed by atoms with Gasteiger partial charge in [0.2, 0.25) is 5.91 Å². The van der Waals surface area contributed by atoms with Crippen molar-refractivity contribution in [2.45, 2.75) is 37.1 Å². The molecular formula is C15H19NO3S. The van der Waals surface area contributed by atoms with E-state index in [1.165, 1.54) is 11.8 Å². The van der Waals surface area contributed by atoms with E-state index in [1.54, 1.807) is 4.90 Å². The Morgan fingerprint density at radius 1 is 1.40 bits per heavy atom. The van der Waals surface area contributed by atoms with Gasteiger partial charge in [0.15, 0.2) is 0 Å². The summed E-state index contributed by atoms with van der Waals surface area (Å²) in [5.74, 6) is -0.413. The second-order valence-corrected chi connectivity index (χ2v) is 6.05. The summed E-state index contributed by atoms with van der Waals surface area (Å²) in [5, 5.41) is 8.87. The smallest absolute Gasteiger partial charge is 0.305 e. The quantitative estimate of drug-likeness (QED) is 0.848. The first kappa shape index (κ1) is 14.9. The normalized spacial score (nSPS) is 18.2. The lowest BCUT2D eigenvalue weighted by Gasteiger charge is -2.23. The molecule has 0 radical (unpaired) electrons. The number of likely N-dealkylation sites (tertiary alicyclic amines) is 1. The molecule has 5 heteroatoms. The van der Waals surface area contributed by atoms with Gasteiger partial charge in [0, 0.05) is 17.5 Å². The molecule has 1 unspecified atom stereocenters. The van der Waals surface area contributed by atoms with Gasteiger partial charge in [-0.1, -0.05) is 18.2 Å². The molecule has 1 amide bonds. The number of hydrogen-bond donors (Lipinski definition) is 1. The van der Waals surface area contributed by atoms with Crippen molar-refractivity contribution < 1.29 is 14.7 Å². The van der Waals surface area contributed by atoms with Crippen LogP contribution >= 0.6 is 11.8 Å². The lowest BCUT2D eigenvalue weighted by Crippen LogP contribution is -2.37. The third-order valence-electron chi connectivity index (χ3n) is 3.55. The van der Waals surface area contributed by atoms with Crippen molar-refractivity contribution in [1.82, 2.24) is 4.90 Å². The maximum absolute atomic E-state index is 12.2. The number of carboxylic acids is 1. The van der Waals surface area contributed by atoms with Gasteiger partial charge in [-0.3, -0.25) is 9.59 Å². The predicted octanol–water partition coefficient (Wildman–Crippen LogP) is 2.55. The van der Waals surface area contributed by atoms with Crippen molar-refractivity contribution >= 4 is 23.6 Å². The molecule has 1 fully saturated rings. The average Bonchev–Trinajstić information content (AvgIpc) is 2.85. The molecule has 1 aliphatic heterocycles. The number of rotatable bonds is 5. The van der Waals surface area contributed by atoms with Crippen LogP contribution in [0.2, 0.25) is 0 Å². The average molecular weight is 293 g/mol. The number of aryl methyl sites for hydroxylation is 1. The van der Waals surface area contributed by atoms with Gasteiger partial charge in [-0.05, 0) is 31.4 Å². The van der Waals surface area contributed by atoms with Gasteiger partial charge in [0.25, 0.3) is 0 Å². The van der Waals surface area contributed by atoms with Crippen molar-refractivity contribution in [3.05, 3.63) is 29.8 Å². The fourth-order valence-corrected chi connectivity index (χ4v) is 3.43. The minimum atomic E-state index is -0.832. The molecule has 0 aliphatic carbocycles. The van der Waals surface area contributed by atoms with Crippen LogP contribution in [0.25, 0.3) is 0 Å².